The maximum atomic E-state index is 12.2. The second-order valence-corrected chi connectivity index (χ2v) is 8.36. The summed E-state index contributed by atoms with van der Waals surface area (Å²) in [6.45, 7) is -0.203. The van der Waals surface area contributed by atoms with E-state index in [0.717, 1.165) is 0 Å². The number of benzene rings is 2. The second-order valence-electron chi connectivity index (χ2n) is 6.64. The van der Waals surface area contributed by atoms with Crippen LogP contribution in [0.4, 0.5) is 11.4 Å². The zero-order chi connectivity index (χ0) is 22.9. The topological polar surface area (TPSA) is 93.7 Å². The largest absolute Gasteiger partial charge is 0.493 e. The van der Waals surface area contributed by atoms with Gasteiger partial charge in [-0.3, -0.25) is 14.4 Å². The summed E-state index contributed by atoms with van der Waals surface area (Å²) in [7, 11) is 1.52. The third-order valence-electron chi connectivity index (χ3n) is 4.29. The highest BCUT2D eigenvalue weighted by Crippen LogP contribution is 2.26. The molecule has 0 bridgehead atoms. The average Bonchev–Trinajstić information content (AvgIpc) is 3.23. The molecule has 0 aliphatic heterocycles. The summed E-state index contributed by atoms with van der Waals surface area (Å²) in [5.41, 5.74) is 1.01. The Morgan fingerprint density at radius 1 is 0.875 bits per heavy atom. The molecule has 0 radical (unpaired) electrons. The quantitative estimate of drug-likeness (QED) is 0.404. The predicted molar refractivity (Wildman–Crippen MR) is 125 cm³/mol. The SMILES string of the molecule is COc1ccccc1OCC(=O)Nc1cccc(NC(=O)CCC(=O)c2ccc(Cl)s2)c1. The Labute approximate surface area is 194 Å². The molecule has 0 saturated heterocycles. The zero-order valence-corrected chi connectivity index (χ0v) is 18.8. The van der Waals surface area contributed by atoms with Gasteiger partial charge >= 0.3 is 0 Å². The first-order valence-electron chi connectivity index (χ1n) is 9.68. The number of carbonyl (C=O) groups is 3. The van der Waals surface area contributed by atoms with E-state index in [-0.39, 0.29) is 37.0 Å². The van der Waals surface area contributed by atoms with E-state index in [0.29, 0.717) is 32.1 Å². The third kappa shape index (κ3) is 6.83. The molecule has 9 heteroatoms. The Balaban J connectivity index is 1.48. The van der Waals surface area contributed by atoms with E-state index in [9.17, 15) is 14.4 Å². The van der Waals surface area contributed by atoms with E-state index < -0.39 is 0 Å². The lowest BCUT2D eigenvalue weighted by Gasteiger charge is -2.11. The molecule has 0 saturated carbocycles. The molecule has 2 N–H and O–H groups in total. The number of para-hydroxylation sites is 2. The van der Waals surface area contributed by atoms with Crippen molar-refractivity contribution in [2.75, 3.05) is 24.4 Å². The molecule has 0 aliphatic carbocycles. The first-order valence-corrected chi connectivity index (χ1v) is 10.9. The minimum Gasteiger partial charge on any atom is -0.493 e. The molecule has 0 unspecified atom stereocenters. The first kappa shape index (κ1) is 23.3. The van der Waals surface area contributed by atoms with Crippen molar-refractivity contribution >= 4 is 51.9 Å². The summed E-state index contributed by atoms with van der Waals surface area (Å²) < 4.78 is 11.2. The van der Waals surface area contributed by atoms with Crippen LogP contribution in [0.1, 0.15) is 22.5 Å². The number of Topliss-reactive ketones (excluding diaryl/α,β-unsaturated/α-hetero) is 1. The van der Waals surface area contributed by atoms with Gasteiger partial charge in [-0.05, 0) is 42.5 Å². The normalized spacial score (nSPS) is 10.3. The molecule has 0 atom stereocenters. The lowest BCUT2D eigenvalue weighted by atomic mass is 10.2. The van der Waals surface area contributed by atoms with Crippen LogP contribution in [0.5, 0.6) is 11.5 Å². The number of hydrogen-bond acceptors (Lipinski definition) is 6. The van der Waals surface area contributed by atoms with Crippen molar-refractivity contribution in [1.82, 2.24) is 0 Å². The van der Waals surface area contributed by atoms with Gasteiger partial charge in [-0.1, -0.05) is 29.8 Å². The number of halogens is 1. The Kier molecular flexibility index (Phi) is 8.24. The van der Waals surface area contributed by atoms with Crippen LogP contribution in [-0.4, -0.2) is 31.3 Å². The number of nitrogens with one attached hydrogen (secondary N) is 2. The number of carbonyl (C=O) groups excluding carboxylic acids is 3. The minimum atomic E-state index is -0.361. The lowest BCUT2D eigenvalue weighted by Crippen LogP contribution is -2.20. The standard InChI is InChI=1S/C23H21ClN2O5S/c1-30-18-7-2-3-8-19(18)31-14-23(29)26-16-6-4-5-15(13-16)25-22(28)12-9-17(27)20-10-11-21(24)32-20/h2-8,10-11,13H,9,12,14H2,1H3,(H,25,28)(H,26,29). The fourth-order valence-electron chi connectivity index (χ4n) is 2.79. The highest BCUT2D eigenvalue weighted by atomic mass is 35.5. The van der Waals surface area contributed by atoms with Crippen LogP contribution < -0.4 is 20.1 Å². The van der Waals surface area contributed by atoms with Gasteiger partial charge < -0.3 is 20.1 Å². The Bertz CT molecular complexity index is 1120. The molecule has 32 heavy (non-hydrogen) atoms. The third-order valence-corrected chi connectivity index (χ3v) is 5.56. The zero-order valence-electron chi connectivity index (χ0n) is 17.2. The molecule has 3 aromatic rings. The predicted octanol–water partition coefficient (Wildman–Crippen LogP) is 5.03. The van der Waals surface area contributed by atoms with Crippen molar-refractivity contribution in [3.8, 4) is 11.5 Å². The number of anilines is 2. The number of ether oxygens (including phenoxy) is 2. The summed E-state index contributed by atoms with van der Waals surface area (Å²) in [6.07, 6.45) is 0.122. The van der Waals surface area contributed by atoms with Crippen LogP contribution in [-0.2, 0) is 9.59 Å². The fraction of sp³-hybridized carbons (Fsp3) is 0.174. The number of ketones is 1. The average molecular weight is 473 g/mol. The monoisotopic (exact) mass is 472 g/mol. The van der Waals surface area contributed by atoms with Crippen molar-refractivity contribution in [3.63, 3.8) is 0 Å². The molecule has 7 nitrogen and oxygen atoms in total. The molecule has 0 aliphatic rings. The maximum absolute atomic E-state index is 12.2. The van der Waals surface area contributed by atoms with Crippen LogP contribution >= 0.6 is 22.9 Å². The smallest absolute Gasteiger partial charge is 0.262 e. The fourth-order valence-corrected chi connectivity index (χ4v) is 3.80. The van der Waals surface area contributed by atoms with E-state index in [1.807, 2.05) is 0 Å². The van der Waals surface area contributed by atoms with Gasteiger partial charge in [0.25, 0.3) is 5.91 Å². The number of methoxy groups -OCH3 is 1. The molecule has 0 fully saturated rings. The molecular formula is C23H21ClN2O5S. The molecule has 1 aromatic heterocycles. The number of amides is 2. The van der Waals surface area contributed by atoms with E-state index in [1.165, 1.54) is 18.4 Å². The van der Waals surface area contributed by atoms with E-state index >= 15 is 0 Å². The van der Waals surface area contributed by atoms with Crippen molar-refractivity contribution < 1.29 is 23.9 Å². The van der Waals surface area contributed by atoms with Crippen LogP contribution in [0.15, 0.2) is 60.7 Å². The van der Waals surface area contributed by atoms with Crippen molar-refractivity contribution in [1.29, 1.82) is 0 Å². The van der Waals surface area contributed by atoms with Gasteiger partial charge in [0, 0.05) is 24.2 Å². The summed E-state index contributed by atoms with van der Waals surface area (Å²) in [5, 5.41) is 5.44. The highest BCUT2D eigenvalue weighted by Gasteiger charge is 2.12. The number of rotatable bonds is 10. The van der Waals surface area contributed by atoms with E-state index in [2.05, 4.69) is 10.6 Å². The minimum absolute atomic E-state index is 0.0394. The Morgan fingerprint density at radius 2 is 1.56 bits per heavy atom. The molecule has 166 valence electrons. The van der Waals surface area contributed by atoms with Gasteiger partial charge in [0.15, 0.2) is 23.9 Å². The molecule has 0 spiro atoms. The first-order chi connectivity index (χ1) is 15.4. The Hall–Kier alpha value is -3.36. The second kappa shape index (κ2) is 11.3. The van der Waals surface area contributed by atoms with Crippen LogP contribution in [0.3, 0.4) is 0 Å². The van der Waals surface area contributed by atoms with Gasteiger partial charge in [-0.2, -0.15) is 0 Å². The van der Waals surface area contributed by atoms with Crippen molar-refractivity contribution in [2.24, 2.45) is 0 Å². The van der Waals surface area contributed by atoms with E-state index in [4.69, 9.17) is 21.1 Å². The van der Waals surface area contributed by atoms with E-state index in [1.54, 1.807) is 60.7 Å². The van der Waals surface area contributed by atoms with Crippen molar-refractivity contribution in [3.05, 3.63) is 69.9 Å². The van der Waals surface area contributed by atoms with Crippen LogP contribution in [0, 0.1) is 0 Å². The summed E-state index contributed by atoms with van der Waals surface area (Å²) >= 11 is 7.02. The van der Waals surface area contributed by atoms with Gasteiger partial charge in [-0.25, -0.2) is 0 Å². The van der Waals surface area contributed by atoms with Gasteiger partial charge in [-0.15, -0.1) is 11.3 Å². The molecule has 3 rings (SSSR count). The van der Waals surface area contributed by atoms with Crippen molar-refractivity contribution in [2.45, 2.75) is 12.8 Å². The van der Waals surface area contributed by atoms with Gasteiger partial charge in [0.2, 0.25) is 5.91 Å². The molecule has 2 amide bonds. The molecular weight excluding hydrogens is 452 g/mol. The summed E-state index contributed by atoms with van der Waals surface area (Å²) in [4.78, 5) is 37.1. The van der Waals surface area contributed by atoms with Crippen LogP contribution in [0.2, 0.25) is 4.34 Å². The lowest BCUT2D eigenvalue weighted by molar-refractivity contribution is -0.118. The molecule has 1 heterocycles. The number of hydrogen-bond donors (Lipinski definition) is 2. The summed E-state index contributed by atoms with van der Waals surface area (Å²) in [6, 6.07) is 17.1. The van der Waals surface area contributed by atoms with Crippen LogP contribution in [0.25, 0.3) is 0 Å². The highest BCUT2D eigenvalue weighted by molar-refractivity contribution is 7.18. The maximum Gasteiger partial charge on any atom is 0.262 e. The van der Waals surface area contributed by atoms with Gasteiger partial charge in [0.05, 0.1) is 16.3 Å². The molecule has 2 aromatic carbocycles. The number of thiophene rings is 1. The summed E-state index contributed by atoms with van der Waals surface area (Å²) in [5.74, 6) is 0.202. The van der Waals surface area contributed by atoms with Gasteiger partial charge in [0.1, 0.15) is 0 Å². The Morgan fingerprint density at radius 3 is 2.22 bits per heavy atom.